The first-order valence-corrected chi connectivity index (χ1v) is 15.3. The van der Waals surface area contributed by atoms with Crippen LogP contribution in [0.25, 0.3) is 6.08 Å². The summed E-state index contributed by atoms with van der Waals surface area (Å²) in [5.41, 5.74) is 4.30. The Bertz CT molecular complexity index is 1840. The second kappa shape index (κ2) is 12.7. The van der Waals surface area contributed by atoms with Crippen LogP contribution in [-0.4, -0.2) is 31.2 Å². The number of halogens is 2. The van der Waals surface area contributed by atoms with Crippen LogP contribution in [0.15, 0.2) is 92.3 Å². The molecule has 0 radical (unpaired) electrons. The van der Waals surface area contributed by atoms with Gasteiger partial charge in [0.05, 0.1) is 32.9 Å². The number of hydrogen-bond acceptors (Lipinski definition) is 7. The molecule has 1 atom stereocenters. The van der Waals surface area contributed by atoms with Gasteiger partial charge in [0.15, 0.2) is 4.80 Å². The van der Waals surface area contributed by atoms with Gasteiger partial charge in [0.2, 0.25) is 0 Å². The zero-order valence-corrected chi connectivity index (χ0v) is 26.7. The van der Waals surface area contributed by atoms with Gasteiger partial charge in [0.1, 0.15) is 12.4 Å². The van der Waals surface area contributed by atoms with Crippen LogP contribution in [0.3, 0.4) is 0 Å². The summed E-state index contributed by atoms with van der Waals surface area (Å²) in [6.45, 7) is 4.16. The maximum atomic E-state index is 13.9. The van der Waals surface area contributed by atoms with Gasteiger partial charge in [-0.2, -0.15) is 0 Å². The van der Waals surface area contributed by atoms with Gasteiger partial charge in [0.25, 0.3) is 5.56 Å². The van der Waals surface area contributed by atoms with Crippen molar-refractivity contribution in [3.05, 3.63) is 124 Å². The molecule has 0 unspecified atom stereocenters. The van der Waals surface area contributed by atoms with Crippen LogP contribution in [0, 0.1) is 0 Å². The van der Waals surface area contributed by atoms with Crippen molar-refractivity contribution in [1.82, 2.24) is 4.57 Å². The van der Waals surface area contributed by atoms with Crippen LogP contribution in [0.2, 0.25) is 5.02 Å². The summed E-state index contributed by atoms with van der Waals surface area (Å²) in [4.78, 5) is 34.2. The standard InChI is InChI=1S/C32H29BrClN3O4S/c1-5-40-31(39)28-19(2)35-32-37(29(28)22-9-13-24(14-10-22)36(3)4)30(38)27(42-32)17-21-8-15-26(25(33)16-21)41-18-20-6-11-23(34)12-7-20/h6-17,29H,5,18H2,1-4H3/b27-17-/t29-/m1/s1. The second-order valence-electron chi connectivity index (χ2n) is 9.89. The molecule has 5 rings (SSSR count). The zero-order chi connectivity index (χ0) is 30.0. The molecule has 10 heteroatoms. The minimum atomic E-state index is -0.658. The van der Waals surface area contributed by atoms with Crippen molar-refractivity contribution in [1.29, 1.82) is 0 Å². The molecule has 1 aromatic heterocycles. The normalized spacial score (nSPS) is 14.8. The van der Waals surface area contributed by atoms with Gasteiger partial charge in [-0.1, -0.05) is 53.3 Å². The lowest BCUT2D eigenvalue weighted by Crippen LogP contribution is -2.39. The SMILES string of the molecule is CCOC(=O)C1=C(C)N=c2s/c(=C\c3ccc(OCc4ccc(Cl)cc4)c(Br)c3)c(=O)n2[C@@H]1c1ccc(N(C)C)cc1. The number of nitrogens with zero attached hydrogens (tertiary/aromatic N) is 3. The Balaban J connectivity index is 1.52. The molecule has 0 bridgehead atoms. The summed E-state index contributed by atoms with van der Waals surface area (Å²) in [5.74, 6) is 0.201. The smallest absolute Gasteiger partial charge is 0.338 e. The first-order valence-electron chi connectivity index (χ1n) is 13.3. The molecule has 3 aromatic carbocycles. The Kier molecular flexibility index (Phi) is 9.01. The maximum absolute atomic E-state index is 13.9. The van der Waals surface area contributed by atoms with Gasteiger partial charge in [-0.3, -0.25) is 9.36 Å². The number of esters is 1. The van der Waals surface area contributed by atoms with Crippen LogP contribution in [0.4, 0.5) is 5.69 Å². The number of hydrogen-bond donors (Lipinski definition) is 0. The van der Waals surface area contributed by atoms with Crippen LogP contribution in [-0.2, 0) is 16.1 Å². The highest BCUT2D eigenvalue weighted by molar-refractivity contribution is 9.10. The third-order valence-corrected chi connectivity index (χ3v) is 8.66. The quantitative estimate of drug-likeness (QED) is 0.221. The lowest BCUT2D eigenvalue weighted by atomic mass is 9.95. The molecule has 0 spiro atoms. The second-order valence-corrected chi connectivity index (χ2v) is 12.2. The fourth-order valence-electron chi connectivity index (χ4n) is 4.68. The van der Waals surface area contributed by atoms with Crippen molar-refractivity contribution in [3.63, 3.8) is 0 Å². The van der Waals surface area contributed by atoms with Crippen LogP contribution >= 0.6 is 38.9 Å². The Labute approximate surface area is 261 Å². The monoisotopic (exact) mass is 665 g/mol. The van der Waals surface area contributed by atoms with Crippen LogP contribution in [0.5, 0.6) is 5.75 Å². The number of benzene rings is 3. The fourth-order valence-corrected chi connectivity index (χ4v) is 6.36. The Morgan fingerprint density at radius 1 is 1.12 bits per heavy atom. The number of carbonyl (C=O) groups excluding carboxylic acids is 1. The maximum Gasteiger partial charge on any atom is 0.338 e. The van der Waals surface area contributed by atoms with Crippen molar-refractivity contribution >= 4 is 56.6 Å². The predicted octanol–water partition coefficient (Wildman–Crippen LogP) is 5.86. The highest BCUT2D eigenvalue weighted by atomic mass is 79.9. The molecule has 0 saturated heterocycles. The molecule has 0 N–H and O–H groups in total. The summed E-state index contributed by atoms with van der Waals surface area (Å²) in [7, 11) is 3.92. The minimum Gasteiger partial charge on any atom is -0.488 e. The average Bonchev–Trinajstić information content (AvgIpc) is 3.26. The molecule has 0 aliphatic carbocycles. The molecule has 0 fully saturated rings. The topological polar surface area (TPSA) is 73.1 Å². The van der Waals surface area contributed by atoms with Crippen molar-refractivity contribution in [2.45, 2.75) is 26.5 Å². The molecule has 1 aliphatic heterocycles. The number of thiazole rings is 1. The molecule has 1 aliphatic rings. The molecular weight excluding hydrogens is 638 g/mol. The molecule has 216 valence electrons. The molecule has 42 heavy (non-hydrogen) atoms. The van der Waals surface area contributed by atoms with Crippen molar-refractivity contribution in [3.8, 4) is 5.75 Å². The summed E-state index contributed by atoms with van der Waals surface area (Å²) in [5, 5.41) is 0.676. The van der Waals surface area contributed by atoms with Crippen molar-refractivity contribution < 1.29 is 14.3 Å². The highest BCUT2D eigenvalue weighted by Crippen LogP contribution is 2.32. The number of fused-ring (bicyclic) bond motifs is 1. The minimum absolute atomic E-state index is 0.223. The Morgan fingerprint density at radius 2 is 1.83 bits per heavy atom. The van der Waals surface area contributed by atoms with Gasteiger partial charge in [-0.15, -0.1) is 0 Å². The number of rotatable bonds is 8. The van der Waals surface area contributed by atoms with E-state index in [0.29, 0.717) is 38.0 Å². The first kappa shape index (κ1) is 29.8. The number of carbonyl (C=O) groups is 1. The van der Waals surface area contributed by atoms with Crippen LogP contribution in [0.1, 0.15) is 36.6 Å². The van der Waals surface area contributed by atoms with Gasteiger partial charge >= 0.3 is 5.97 Å². The van der Waals surface area contributed by atoms with E-state index >= 15 is 0 Å². The van der Waals surface area contributed by atoms with Gasteiger partial charge in [-0.05, 0) is 88.9 Å². The summed E-state index contributed by atoms with van der Waals surface area (Å²) in [6.07, 6.45) is 1.83. The third kappa shape index (κ3) is 6.23. The van der Waals surface area contributed by atoms with Gasteiger partial charge < -0.3 is 14.4 Å². The van der Waals surface area contributed by atoms with Gasteiger partial charge in [0, 0.05) is 24.8 Å². The predicted molar refractivity (Wildman–Crippen MR) is 171 cm³/mol. The van der Waals surface area contributed by atoms with Crippen molar-refractivity contribution in [2.75, 3.05) is 25.6 Å². The Morgan fingerprint density at radius 3 is 2.48 bits per heavy atom. The van der Waals surface area contributed by atoms with E-state index in [9.17, 15) is 9.59 Å². The zero-order valence-electron chi connectivity index (χ0n) is 23.6. The van der Waals surface area contributed by atoms with Crippen molar-refractivity contribution in [2.24, 2.45) is 4.99 Å². The van der Waals surface area contributed by atoms with Gasteiger partial charge in [-0.25, -0.2) is 9.79 Å². The Hall–Kier alpha value is -3.66. The van der Waals surface area contributed by atoms with E-state index in [-0.39, 0.29) is 12.2 Å². The molecular formula is C32H29BrClN3O4S. The van der Waals surface area contributed by atoms with E-state index in [1.54, 1.807) is 18.4 Å². The largest absolute Gasteiger partial charge is 0.488 e. The lowest BCUT2D eigenvalue weighted by molar-refractivity contribution is -0.139. The summed E-state index contributed by atoms with van der Waals surface area (Å²) in [6, 6.07) is 20.3. The molecule has 0 saturated carbocycles. The number of allylic oxidation sites excluding steroid dienone is 1. The number of anilines is 1. The third-order valence-electron chi connectivity index (χ3n) is 6.80. The first-order chi connectivity index (χ1) is 20.2. The van der Waals surface area contributed by atoms with E-state index < -0.39 is 12.0 Å². The average molecular weight is 667 g/mol. The molecule has 7 nitrogen and oxygen atoms in total. The summed E-state index contributed by atoms with van der Waals surface area (Å²) < 4.78 is 14.2. The highest BCUT2D eigenvalue weighted by Gasteiger charge is 2.33. The summed E-state index contributed by atoms with van der Waals surface area (Å²) >= 11 is 10.9. The van der Waals surface area contributed by atoms with E-state index in [1.807, 2.05) is 91.8 Å². The number of ether oxygens (including phenoxy) is 2. The van der Waals surface area contributed by atoms with E-state index in [4.69, 9.17) is 21.1 Å². The molecule has 4 aromatic rings. The van der Waals surface area contributed by atoms with E-state index in [2.05, 4.69) is 20.9 Å². The van der Waals surface area contributed by atoms with E-state index in [1.165, 1.54) is 11.3 Å². The molecule has 2 heterocycles. The van der Waals surface area contributed by atoms with E-state index in [0.717, 1.165) is 26.9 Å². The number of aromatic nitrogens is 1. The lowest BCUT2D eigenvalue weighted by Gasteiger charge is -2.25. The fraction of sp³-hybridized carbons (Fsp3) is 0.219. The molecule has 0 amide bonds. The van der Waals surface area contributed by atoms with Crippen LogP contribution < -0.4 is 24.5 Å².